The van der Waals surface area contributed by atoms with Crippen molar-refractivity contribution in [3.05, 3.63) is 29.8 Å². The summed E-state index contributed by atoms with van der Waals surface area (Å²) in [6, 6.07) is 6.43. The lowest BCUT2D eigenvalue weighted by atomic mass is 10.1. The highest BCUT2D eigenvalue weighted by Crippen LogP contribution is 2.23. The van der Waals surface area contributed by atoms with Gasteiger partial charge in [0.15, 0.2) is 9.84 Å². The first-order valence-corrected chi connectivity index (χ1v) is 6.53. The van der Waals surface area contributed by atoms with Crippen LogP contribution >= 0.6 is 0 Å². The zero-order valence-electron chi connectivity index (χ0n) is 8.55. The van der Waals surface area contributed by atoms with E-state index in [4.69, 9.17) is 5.73 Å². The highest BCUT2D eigenvalue weighted by Gasteiger charge is 2.17. The van der Waals surface area contributed by atoms with Crippen LogP contribution < -0.4 is 5.73 Å². The summed E-state index contributed by atoms with van der Waals surface area (Å²) in [6.45, 7) is 0.319. The summed E-state index contributed by atoms with van der Waals surface area (Å²) in [5.41, 5.74) is 5.74. The van der Waals surface area contributed by atoms with Gasteiger partial charge in [0, 0.05) is 6.26 Å². The van der Waals surface area contributed by atoms with Gasteiger partial charge < -0.3 is 10.8 Å². The van der Waals surface area contributed by atoms with Crippen LogP contribution in [0.4, 0.5) is 0 Å². The maximum Gasteiger partial charge on any atom is 0.175 e. The molecule has 0 bridgehead atoms. The molecule has 0 radical (unpaired) electrons. The summed E-state index contributed by atoms with van der Waals surface area (Å²) in [5, 5.41) is 9.72. The average molecular weight is 229 g/mol. The molecule has 0 aliphatic heterocycles. The van der Waals surface area contributed by atoms with Crippen LogP contribution in [0.3, 0.4) is 0 Å². The van der Waals surface area contributed by atoms with E-state index in [9.17, 15) is 13.5 Å². The van der Waals surface area contributed by atoms with Crippen molar-refractivity contribution < 1.29 is 13.5 Å². The van der Waals surface area contributed by atoms with Crippen molar-refractivity contribution in [1.29, 1.82) is 0 Å². The second-order valence-corrected chi connectivity index (χ2v) is 5.39. The van der Waals surface area contributed by atoms with Gasteiger partial charge in [-0.3, -0.25) is 0 Å². The van der Waals surface area contributed by atoms with Crippen molar-refractivity contribution in [2.45, 2.75) is 17.4 Å². The third-order valence-corrected chi connectivity index (χ3v) is 3.29. The minimum absolute atomic E-state index is 0.172. The minimum Gasteiger partial charge on any atom is -0.388 e. The summed E-state index contributed by atoms with van der Waals surface area (Å²) in [4.78, 5) is 0.172. The molecule has 0 saturated carbocycles. The maximum absolute atomic E-state index is 11.4. The molecule has 0 amide bonds. The number of hydrogen-bond acceptors (Lipinski definition) is 4. The summed E-state index contributed by atoms with van der Waals surface area (Å²) in [6.07, 6.45) is 0.661. The molecule has 0 saturated heterocycles. The smallest absolute Gasteiger partial charge is 0.175 e. The van der Waals surface area contributed by atoms with Gasteiger partial charge in [-0.15, -0.1) is 0 Å². The molecule has 84 valence electrons. The second kappa shape index (κ2) is 4.74. The standard InChI is InChI=1S/C10H15NO3S/c1-15(13,14)10-5-3-2-4-8(10)9(12)6-7-11/h2-5,9,12H,6-7,11H2,1H3. The number of aliphatic hydroxyl groups excluding tert-OH is 1. The van der Waals surface area contributed by atoms with E-state index in [1.54, 1.807) is 18.2 Å². The summed E-state index contributed by atoms with van der Waals surface area (Å²) in [7, 11) is -3.30. The van der Waals surface area contributed by atoms with Crippen LogP contribution in [0.25, 0.3) is 0 Å². The Kier molecular flexibility index (Phi) is 3.84. The first-order chi connectivity index (χ1) is 6.96. The molecule has 1 aromatic carbocycles. The average Bonchev–Trinajstić information content (AvgIpc) is 2.17. The van der Waals surface area contributed by atoms with Gasteiger partial charge in [-0.2, -0.15) is 0 Å². The highest BCUT2D eigenvalue weighted by atomic mass is 32.2. The predicted molar refractivity (Wildman–Crippen MR) is 58.2 cm³/mol. The predicted octanol–water partition coefficient (Wildman–Crippen LogP) is 0.472. The monoisotopic (exact) mass is 229 g/mol. The first kappa shape index (κ1) is 12.2. The Labute approximate surface area is 89.7 Å². The van der Waals surface area contributed by atoms with E-state index >= 15 is 0 Å². The number of rotatable bonds is 4. The van der Waals surface area contributed by atoms with Gasteiger partial charge in [0.05, 0.1) is 11.0 Å². The zero-order valence-corrected chi connectivity index (χ0v) is 9.37. The van der Waals surface area contributed by atoms with Crippen molar-refractivity contribution in [2.75, 3.05) is 12.8 Å². The Hall–Kier alpha value is -0.910. The Bertz CT molecular complexity index is 428. The molecule has 0 fully saturated rings. The van der Waals surface area contributed by atoms with Gasteiger partial charge in [-0.05, 0) is 24.6 Å². The summed E-state index contributed by atoms with van der Waals surface area (Å²) in [5.74, 6) is 0. The van der Waals surface area contributed by atoms with E-state index in [1.807, 2.05) is 0 Å². The molecular formula is C10H15NO3S. The van der Waals surface area contributed by atoms with Crippen molar-refractivity contribution in [2.24, 2.45) is 5.73 Å². The highest BCUT2D eigenvalue weighted by molar-refractivity contribution is 7.90. The van der Waals surface area contributed by atoms with Crippen LogP contribution in [0, 0.1) is 0 Å². The van der Waals surface area contributed by atoms with E-state index in [0.29, 0.717) is 18.5 Å². The molecule has 0 aliphatic carbocycles. The maximum atomic E-state index is 11.4. The number of hydrogen-bond donors (Lipinski definition) is 2. The van der Waals surface area contributed by atoms with Crippen LogP contribution in [0.2, 0.25) is 0 Å². The topological polar surface area (TPSA) is 80.4 Å². The first-order valence-electron chi connectivity index (χ1n) is 4.64. The van der Waals surface area contributed by atoms with E-state index in [0.717, 1.165) is 6.26 Å². The molecular weight excluding hydrogens is 214 g/mol. The van der Waals surface area contributed by atoms with Crippen molar-refractivity contribution in [3.63, 3.8) is 0 Å². The number of benzene rings is 1. The van der Waals surface area contributed by atoms with E-state index in [1.165, 1.54) is 6.07 Å². The second-order valence-electron chi connectivity index (χ2n) is 3.40. The number of aliphatic hydroxyl groups is 1. The molecule has 1 aromatic rings. The quantitative estimate of drug-likeness (QED) is 0.786. The van der Waals surface area contributed by atoms with Crippen LogP contribution in [0.15, 0.2) is 29.2 Å². The van der Waals surface area contributed by atoms with Gasteiger partial charge >= 0.3 is 0 Å². The van der Waals surface area contributed by atoms with Crippen molar-refractivity contribution >= 4 is 9.84 Å². The van der Waals surface area contributed by atoms with Crippen LogP contribution in [0.1, 0.15) is 18.1 Å². The third kappa shape index (κ3) is 3.02. The van der Waals surface area contributed by atoms with E-state index < -0.39 is 15.9 Å². The molecule has 15 heavy (non-hydrogen) atoms. The molecule has 0 aromatic heterocycles. The Balaban J connectivity index is 3.18. The molecule has 3 N–H and O–H groups in total. The lowest BCUT2D eigenvalue weighted by Crippen LogP contribution is -2.10. The lowest BCUT2D eigenvalue weighted by molar-refractivity contribution is 0.167. The molecule has 0 aliphatic rings. The normalized spacial score (nSPS) is 13.8. The van der Waals surface area contributed by atoms with E-state index in [2.05, 4.69) is 0 Å². The van der Waals surface area contributed by atoms with Gasteiger partial charge in [0.25, 0.3) is 0 Å². The van der Waals surface area contributed by atoms with Crippen LogP contribution in [-0.2, 0) is 9.84 Å². The van der Waals surface area contributed by atoms with Crippen molar-refractivity contribution in [1.82, 2.24) is 0 Å². The molecule has 0 spiro atoms. The van der Waals surface area contributed by atoms with Gasteiger partial charge in [-0.1, -0.05) is 18.2 Å². The SMILES string of the molecule is CS(=O)(=O)c1ccccc1C(O)CCN. The molecule has 1 rings (SSSR count). The Morgan fingerprint density at radius 1 is 1.40 bits per heavy atom. The molecule has 5 heteroatoms. The lowest BCUT2D eigenvalue weighted by Gasteiger charge is -2.13. The van der Waals surface area contributed by atoms with Gasteiger partial charge in [-0.25, -0.2) is 8.42 Å². The van der Waals surface area contributed by atoms with E-state index in [-0.39, 0.29) is 4.90 Å². The minimum atomic E-state index is -3.30. The fraction of sp³-hybridized carbons (Fsp3) is 0.400. The molecule has 0 heterocycles. The van der Waals surface area contributed by atoms with Crippen molar-refractivity contribution in [3.8, 4) is 0 Å². The fourth-order valence-electron chi connectivity index (χ4n) is 1.41. The van der Waals surface area contributed by atoms with Crippen LogP contribution in [-0.4, -0.2) is 26.3 Å². The number of nitrogens with two attached hydrogens (primary N) is 1. The van der Waals surface area contributed by atoms with Gasteiger partial charge in [0.2, 0.25) is 0 Å². The molecule has 4 nitrogen and oxygen atoms in total. The number of sulfone groups is 1. The van der Waals surface area contributed by atoms with Gasteiger partial charge in [0.1, 0.15) is 0 Å². The summed E-state index contributed by atoms with van der Waals surface area (Å²) >= 11 is 0. The zero-order chi connectivity index (χ0) is 11.5. The molecule has 1 unspecified atom stereocenters. The molecule has 1 atom stereocenters. The Morgan fingerprint density at radius 2 is 2.00 bits per heavy atom. The van der Waals surface area contributed by atoms with Crippen LogP contribution in [0.5, 0.6) is 0 Å². The Morgan fingerprint density at radius 3 is 2.53 bits per heavy atom. The third-order valence-electron chi connectivity index (χ3n) is 2.12. The summed E-state index contributed by atoms with van der Waals surface area (Å²) < 4.78 is 22.8. The largest absolute Gasteiger partial charge is 0.388 e. The fourth-order valence-corrected chi connectivity index (χ4v) is 2.36.